The van der Waals surface area contributed by atoms with Crippen LogP contribution in [0, 0.1) is 5.82 Å². The van der Waals surface area contributed by atoms with Crippen molar-refractivity contribution in [3.63, 3.8) is 0 Å². The highest BCUT2D eigenvalue weighted by atomic mass is 19.1. The van der Waals surface area contributed by atoms with Crippen LogP contribution in [0.1, 0.15) is 24.5 Å². The van der Waals surface area contributed by atoms with E-state index in [1.807, 2.05) is 61.3 Å². The Bertz CT molecular complexity index is 569. The quantitative estimate of drug-likeness (QED) is 0.876. The van der Waals surface area contributed by atoms with Gasteiger partial charge in [0.2, 0.25) is 0 Å². The Morgan fingerprint density at radius 2 is 1.81 bits per heavy atom. The third-order valence-electron chi connectivity index (χ3n) is 3.71. The molecule has 0 fully saturated rings. The van der Waals surface area contributed by atoms with Gasteiger partial charge in [-0.25, -0.2) is 4.39 Å². The minimum absolute atomic E-state index is 0.0947. The van der Waals surface area contributed by atoms with Crippen LogP contribution in [0.25, 0.3) is 0 Å². The maximum absolute atomic E-state index is 14.3. The molecule has 1 unspecified atom stereocenters. The molecule has 2 nitrogen and oxygen atoms in total. The van der Waals surface area contributed by atoms with Crippen molar-refractivity contribution < 1.29 is 4.39 Å². The molecule has 2 aromatic rings. The summed E-state index contributed by atoms with van der Waals surface area (Å²) in [5.41, 5.74) is 8.66. The van der Waals surface area contributed by atoms with Gasteiger partial charge in [0.15, 0.2) is 0 Å². The lowest BCUT2D eigenvalue weighted by Gasteiger charge is -2.21. The van der Waals surface area contributed by atoms with E-state index in [9.17, 15) is 4.39 Å². The SMILES string of the molecule is CCC(N)Cc1ccc(N(C)Cc2ccccc2)c(F)c1. The zero-order valence-electron chi connectivity index (χ0n) is 12.7. The van der Waals surface area contributed by atoms with E-state index in [0.29, 0.717) is 12.2 Å². The lowest BCUT2D eigenvalue weighted by Crippen LogP contribution is -2.22. The molecule has 0 radical (unpaired) electrons. The Labute approximate surface area is 126 Å². The summed E-state index contributed by atoms with van der Waals surface area (Å²) in [6, 6.07) is 15.6. The summed E-state index contributed by atoms with van der Waals surface area (Å²) in [5.74, 6) is -0.186. The molecule has 0 aliphatic heterocycles. The van der Waals surface area contributed by atoms with Crippen molar-refractivity contribution in [1.29, 1.82) is 0 Å². The maximum Gasteiger partial charge on any atom is 0.146 e. The first kappa shape index (κ1) is 15.5. The van der Waals surface area contributed by atoms with E-state index in [2.05, 4.69) is 0 Å². The van der Waals surface area contributed by atoms with Gasteiger partial charge in [-0.2, -0.15) is 0 Å². The molecular formula is C18H23FN2. The van der Waals surface area contributed by atoms with Gasteiger partial charge < -0.3 is 10.6 Å². The largest absolute Gasteiger partial charge is 0.368 e. The molecule has 21 heavy (non-hydrogen) atoms. The highest BCUT2D eigenvalue weighted by Crippen LogP contribution is 2.22. The van der Waals surface area contributed by atoms with Crippen molar-refractivity contribution in [3.05, 3.63) is 65.5 Å². The second kappa shape index (κ2) is 7.23. The normalized spacial score (nSPS) is 12.2. The molecule has 0 amide bonds. The number of halogens is 1. The molecular weight excluding hydrogens is 263 g/mol. The van der Waals surface area contributed by atoms with Crippen LogP contribution in [0.3, 0.4) is 0 Å². The number of rotatable bonds is 6. The Morgan fingerprint density at radius 3 is 2.43 bits per heavy atom. The van der Waals surface area contributed by atoms with Crippen LogP contribution in [0.4, 0.5) is 10.1 Å². The summed E-state index contributed by atoms with van der Waals surface area (Å²) in [4.78, 5) is 1.92. The van der Waals surface area contributed by atoms with E-state index in [1.54, 1.807) is 6.07 Å². The second-order valence-electron chi connectivity index (χ2n) is 5.50. The molecule has 0 bridgehead atoms. The third kappa shape index (κ3) is 4.30. The standard InChI is InChI=1S/C18H23FN2/c1-3-16(20)11-15-9-10-18(17(19)12-15)21(2)13-14-7-5-4-6-8-14/h4-10,12,16H,3,11,13,20H2,1-2H3. The number of benzene rings is 2. The van der Waals surface area contributed by atoms with Crippen LogP contribution < -0.4 is 10.6 Å². The number of nitrogens with zero attached hydrogens (tertiary/aromatic N) is 1. The Balaban J connectivity index is 2.09. The fourth-order valence-corrected chi connectivity index (χ4v) is 2.38. The molecule has 0 aliphatic carbocycles. The Hall–Kier alpha value is -1.87. The van der Waals surface area contributed by atoms with Gasteiger partial charge >= 0.3 is 0 Å². The molecule has 0 saturated carbocycles. The van der Waals surface area contributed by atoms with Crippen LogP contribution in [0.2, 0.25) is 0 Å². The van der Waals surface area contributed by atoms with Crippen LogP contribution in [-0.2, 0) is 13.0 Å². The number of hydrogen-bond donors (Lipinski definition) is 1. The van der Waals surface area contributed by atoms with Crippen LogP contribution in [0.15, 0.2) is 48.5 Å². The summed E-state index contributed by atoms with van der Waals surface area (Å²) in [7, 11) is 1.91. The fraction of sp³-hybridized carbons (Fsp3) is 0.333. The van der Waals surface area contributed by atoms with Gasteiger partial charge in [0.05, 0.1) is 5.69 Å². The summed E-state index contributed by atoms with van der Waals surface area (Å²) >= 11 is 0. The van der Waals surface area contributed by atoms with Crippen LogP contribution >= 0.6 is 0 Å². The van der Waals surface area contributed by atoms with E-state index >= 15 is 0 Å². The Morgan fingerprint density at radius 1 is 1.10 bits per heavy atom. The first-order valence-corrected chi connectivity index (χ1v) is 7.39. The van der Waals surface area contributed by atoms with E-state index < -0.39 is 0 Å². The van der Waals surface area contributed by atoms with Gasteiger partial charge in [-0.3, -0.25) is 0 Å². The summed E-state index contributed by atoms with van der Waals surface area (Å²) < 4.78 is 14.3. The minimum Gasteiger partial charge on any atom is -0.368 e. The summed E-state index contributed by atoms with van der Waals surface area (Å²) in [5, 5.41) is 0. The van der Waals surface area contributed by atoms with Gasteiger partial charge in [-0.15, -0.1) is 0 Å². The third-order valence-corrected chi connectivity index (χ3v) is 3.71. The van der Waals surface area contributed by atoms with E-state index in [4.69, 9.17) is 5.73 Å². The summed E-state index contributed by atoms with van der Waals surface area (Å²) in [6.45, 7) is 2.73. The fourth-order valence-electron chi connectivity index (χ4n) is 2.38. The first-order valence-electron chi connectivity index (χ1n) is 7.39. The van der Waals surface area contributed by atoms with Gasteiger partial charge in [-0.05, 0) is 36.1 Å². The lowest BCUT2D eigenvalue weighted by atomic mass is 10.0. The predicted octanol–water partition coefficient (Wildman–Crippen LogP) is 3.74. The average molecular weight is 286 g/mol. The topological polar surface area (TPSA) is 29.3 Å². The molecule has 2 rings (SSSR count). The molecule has 2 N–H and O–H groups in total. The molecule has 112 valence electrons. The molecule has 0 aliphatic rings. The Kier molecular flexibility index (Phi) is 5.34. The van der Waals surface area contributed by atoms with Crippen LogP contribution in [-0.4, -0.2) is 13.1 Å². The number of nitrogens with two attached hydrogens (primary N) is 1. The molecule has 2 aromatic carbocycles. The highest BCUT2D eigenvalue weighted by molar-refractivity contribution is 5.49. The lowest BCUT2D eigenvalue weighted by molar-refractivity contribution is 0.610. The summed E-state index contributed by atoms with van der Waals surface area (Å²) in [6.07, 6.45) is 1.62. The van der Waals surface area contributed by atoms with Crippen molar-refractivity contribution in [2.24, 2.45) is 5.73 Å². The van der Waals surface area contributed by atoms with Crippen molar-refractivity contribution >= 4 is 5.69 Å². The van der Waals surface area contributed by atoms with Gasteiger partial charge in [0.25, 0.3) is 0 Å². The van der Waals surface area contributed by atoms with Crippen molar-refractivity contribution in [1.82, 2.24) is 0 Å². The number of anilines is 1. The highest BCUT2D eigenvalue weighted by Gasteiger charge is 2.10. The molecule has 0 aromatic heterocycles. The second-order valence-corrected chi connectivity index (χ2v) is 5.50. The van der Waals surface area contributed by atoms with Crippen molar-refractivity contribution in [2.75, 3.05) is 11.9 Å². The zero-order chi connectivity index (χ0) is 15.2. The predicted molar refractivity (Wildman–Crippen MR) is 86.9 cm³/mol. The molecule has 1 atom stereocenters. The first-order chi connectivity index (χ1) is 10.1. The smallest absolute Gasteiger partial charge is 0.146 e. The van der Waals surface area contributed by atoms with E-state index in [0.717, 1.165) is 24.0 Å². The molecule has 0 saturated heterocycles. The van der Waals surface area contributed by atoms with Gasteiger partial charge in [-0.1, -0.05) is 43.3 Å². The molecule has 0 heterocycles. The maximum atomic E-state index is 14.3. The van der Waals surface area contributed by atoms with E-state index in [1.165, 1.54) is 0 Å². The molecule has 3 heteroatoms. The molecule has 0 spiro atoms. The van der Waals surface area contributed by atoms with Gasteiger partial charge in [0.1, 0.15) is 5.82 Å². The van der Waals surface area contributed by atoms with Crippen LogP contribution in [0.5, 0.6) is 0 Å². The van der Waals surface area contributed by atoms with Crippen molar-refractivity contribution in [3.8, 4) is 0 Å². The van der Waals surface area contributed by atoms with Gasteiger partial charge in [0, 0.05) is 19.6 Å². The minimum atomic E-state index is -0.186. The van der Waals surface area contributed by atoms with Crippen molar-refractivity contribution in [2.45, 2.75) is 32.4 Å². The van der Waals surface area contributed by atoms with E-state index in [-0.39, 0.29) is 11.9 Å². The zero-order valence-corrected chi connectivity index (χ0v) is 12.7. The number of hydrogen-bond acceptors (Lipinski definition) is 2. The average Bonchev–Trinajstić information content (AvgIpc) is 2.48. The monoisotopic (exact) mass is 286 g/mol.